The lowest BCUT2D eigenvalue weighted by atomic mass is 9.93. The molecule has 0 radical (unpaired) electrons. The molecular weight excluding hydrogens is 330 g/mol. The van der Waals surface area contributed by atoms with Crippen molar-refractivity contribution in [1.82, 2.24) is 24.9 Å². The standard InChI is InChI=1S/C19H27N5O2/c1-23-7-4-15(5-8-23)13-17-21-19(26-22-17)18(16-3-2-6-20-14-16)24-9-11-25-12-10-24/h2-3,6,14-15,18H,4-5,7-13H2,1H3. The summed E-state index contributed by atoms with van der Waals surface area (Å²) in [5.74, 6) is 2.15. The second-order valence-electron chi connectivity index (χ2n) is 7.34. The third-order valence-electron chi connectivity index (χ3n) is 5.44. The maximum absolute atomic E-state index is 5.72. The minimum Gasteiger partial charge on any atom is -0.379 e. The highest BCUT2D eigenvalue weighted by Crippen LogP contribution is 2.28. The Labute approximate surface area is 154 Å². The fraction of sp³-hybridized carbons (Fsp3) is 0.632. The van der Waals surface area contributed by atoms with Crippen molar-refractivity contribution in [1.29, 1.82) is 0 Å². The number of nitrogens with zero attached hydrogens (tertiary/aromatic N) is 5. The average Bonchev–Trinajstić information content (AvgIpc) is 3.13. The van der Waals surface area contributed by atoms with Crippen molar-refractivity contribution in [3.63, 3.8) is 0 Å². The Morgan fingerprint density at radius 1 is 1.19 bits per heavy atom. The van der Waals surface area contributed by atoms with Crippen LogP contribution in [0.15, 0.2) is 29.0 Å². The molecule has 7 nitrogen and oxygen atoms in total. The fourth-order valence-corrected chi connectivity index (χ4v) is 3.87. The van der Waals surface area contributed by atoms with E-state index in [9.17, 15) is 0 Å². The van der Waals surface area contributed by atoms with E-state index in [4.69, 9.17) is 14.2 Å². The molecule has 0 bridgehead atoms. The largest absolute Gasteiger partial charge is 0.379 e. The van der Waals surface area contributed by atoms with Gasteiger partial charge in [-0.3, -0.25) is 9.88 Å². The van der Waals surface area contributed by atoms with Gasteiger partial charge in [0, 0.05) is 31.9 Å². The lowest BCUT2D eigenvalue weighted by Gasteiger charge is -2.32. The van der Waals surface area contributed by atoms with Crippen LogP contribution < -0.4 is 0 Å². The number of hydrogen-bond donors (Lipinski definition) is 0. The van der Waals surface area contributed by atoms with Gasteiger partial charge in [0.25, 0.3) is 0 Å². The van der Waals surface area contributed by atoms with Crippen LogP contribution in [0.2, 0.25) is 0 Å². The van der Waals surface area contributed by atoms with Crippen molar-refractivity contribution in [3.05, 3.63) is 41.8 Å². The van der Waals surface area contributed by atoms with Crippen molar-refractivity contribution >= 4 is 0 Å². The molecule has 4 heterocycles. The zero-order valence-corrected chi connectivity index (χ0v) is 15.4. The van der Waals surface area contributed by atoms with Gasteiger partial charge in [-0.1, -0.05) is 11.2 Å². The first-order chi connectivity index (χ1) is 12.8. The van der Waals surface area contributed by atoms with Crippen LogP contribution in [-0.2, 0) is 11.2 Å². The summed E-state index contributed by atoms with van der Waals surface area (Å²) >= 11 is 0. The molecule has 26 heavy (non-hydrogen) atoms. The van der Waals surface area contributed by atoms with E-state index in [0.29, 0.717) is 11.8 Å². The number of rotatable bonds is 5. The summed E-state index contributed by atoms with van der Waals surface area (Å²) in [6, 6.07) is 3.98. The maximum Gasteiger partial charge on any atom is 0.248 e. The maximum atomic E-state index is 5.72. The first-order valence-electron chi connectivity index (χ1n) is 9.52. The van der Waals surface area contributed by atoms with E-state index < -0.39 is 0 Å². The molecule has 2 aromatic rings. The molecule has 0 amide bonds. The van der Waals surface area contributed by atoms with Crippen LogP contribution >= 0.6 is 0 Å². The van der Waals surface area contributed by atoms with Crippen LogP contribution in [-0.4, -0.2) is 71.4 Å². The molecule has 1 atom stereocenters. The molecule has 2 aromatic heterocycles. The minimum atomic E-state index is -0.0497. The first-order valence-corrected chi connectivity index (χ1v) is 9.52. The Morgan fingerprint density at radius 2 is 2.00 bits per heavy atom. The topological polar surface area (TPSA) is 67.5 Å². The summed E-state index contributed by atoms with van der Waals surface area (Å²) in [7, 11) is 2.18. The van der Waals surface area contributed by atoms with Gasteiger partial charge in [-0.15, -0.1) is 0 Å². The fourth-order valence-electron chi connectivity index (χ4n) is 3.87. The van der Waals surface area contributed by atoms with Gasteiger partial charge in [-0.25, -0.2) is 0 Å². The predicted molar refractivity (Wildman–Crippen MR) is 96.7 cm³/mol. The van der Waals surface area contributed by atoms with Crippen LogP contribution in [0.1, 0.15) is 36.2 Å². The normalized spacial score (nSPS) is 21.7. The lowest BCUT2D eigenvalue weighted by Crippen LogP contribution is -2.39. The Morgan fingerprint density at radius 3 is 2.73 bits per heavy atom. The van der Waals surface area contributed by atoms with E-state index in [1.54, 1.807) is 6.20 Å². The third-order valence-corrected chi connectivity index (χ3v) is 5.44. The molecule has 4 rings (SSSR count). The number of pyridine rings is 1. The molecule has 0 aromatic carbocycles. The van der Waals surface area contributed by atoms with Gasteiger partial charge in [0.2, 0.25) is 5.89 Å². The molecule has 0 saturated carbocycles. The molecule has 2 aliphatic rings. The molecule has 0 aliphatic carbocycles. The van der Waals surface area contributed by atoms with Gasteiger partial charge in [-0.2, -0.15) is 4.98 Å². The predicted octanol–water partition coefficient (Wildman–Crippen LogP) is 1.77. The van der Waals surface area contributed by atoms with E-state index in [2.05, 4.69) is 33.1 Å². The summed E-state index contributed by atoms with van der Waals surface area (Å²) in [6.45, 7) is 5.47. The molecule has 7 heteroatoms. The van der Waals surface area contributed by atoms with Gasteiger partial charge >= 0.3 is 0 Å². The lowest BCUT2D eigenvalue weighted by molar-refractivity contribution is 0.0180. The highest BCUT2D eigenvalue weighted by Gasteiger charge is 2.30. The van der Waals surface area contributed by atoms with E-state index in [1.807, 2.05) is 12.3 Å². The highest BCUT2D eigenvalue weighted by molar-refractivity contribution is 5.20. The van der Waals surface area contributed by atoms with E-state index >= 15 is 0 Å². The molecule has 2 saturated heterocycles. The van der Waals surface area contributed by atoms with Gasteiger partial charge in [0.15, 0.2) is 5.82 Å². The number of ether oxygens (including phenoxy) is 1. The Kier molecular flexibility index (Phi) is 5.57. The molecule has 0 spiro atoms. The molecule has 1 unspecified atom stereocenters. The number of piperidine rings is 1. The van der Waals surface area contributed by atoms with Crippen LogP contribution in [0.4, 0.5) is 0 Å². The Balaban J connectivity index is 1.51. The van der Waals surface area contributed by atoms with Crippen LogP contribution in [0.3, 0.4) is 0 Å². The first kappa shape index (κ1) is 17.6. The van der Waals surface area contributed by atoms with Gasteiger partial charge < -0.3 is 14.2 Å². The van der Waals surface area contributed by atoms with Gasteiger partial charge in [-0.05, 0) is 50.5 Å². The van der Waals surface area contributed by atoms with Crippen molar-refractivity contribution < 1.29 is 9.26 Å². The Hall–Kier alpha value is -1.83. The van der Waals surface area contributed by atoms with E-state index in [-0.39, 0.29) is 6.04 Å². The summed E-state index contributed by atoms with van der Waals surface area (Å²) < 4.78 is 11.2. The quantitative estimate of drug-likeness (QED) is 0.808. The molecule has 0 N–H and O–H groups in total. The molecule has 2 aliphatic heterocycles. The monoisotopic (exact) mass is 357 g/mol. The van der Waals surface area contributed by atoms with Crippen molar-refractivity contribution in [2.75, 3.05) is 46.4 Å². The van der Waals surface area contributed by atoms with Crippen molar-refractivity contribution in [2.45, 2.75) is 25.3 Å². The molecule has 140 valence electrons. The number of morpholine rings is 1. The van der Waals surface area contributed by atoms with E-state index in [0.717, 1.165) is 57.2 Å². The zero-order valence-electron chi connectivity index (χ0n) is 15.4. The van der Waals surface area contributed by atoms with Crippen LogP contribution in [0, 0.1) is 5.92 Å². The van der Waals surface area contributed by atoms with E-state index in [1.165, 1.54) is 12.8 Å². The number of hydrogen-bond acceptors (Lipinski definition) is 7. The highest BCUT2D eigenvalue weighted by atomic mass is 16.5. The zero-order chi connectivity index (χ0) is 17.8. The minimum absolute atomic E-state index is 0.0497. The average molecular weight is 357 g/mol. The van der Waals surface area contributed by atoms with Crippen LogP contribution in [0.5, 0.6) is 0 Å². The third kappa shape index (κ3) is 4.11. The van der Waals surface area contributed by atoms with Crippen molar-refractivity contribution in [3.8, 4) is 0 Å². The second-order valence-corrected chi connectivity index (χ2v) is 7.34. The SMILES string of the molecule is CN1CCC(Cc2noc(C(c3cccnc3)N3CCOCC3)n2)CC1. The van der Waals surface area contributed by atoms with Gasteiger partial charge in [0.05, 0.1) is 13.2 Å². The smallest absolute Gasteiger partial charge is 0.248 e. The summed E-state index contributed by atoms with van der Waals surface area (Å²) in [6.07, 6.45) is 6.99. The number of aromatic nitrogens is 3. The Bertz CT molecular complexity index is 678. The number of likely N-dealkylation sites (tertiary alicyclic amines) is 1. The molecule has 2 fully saturated rings. The van der Waals surface area contributed by atoms with Gasteiger partial charge in [0.1, 0.15) is 6.04 Å². The summed E-state index contributed by atoms with van der Waals surface area (Å²) in [5, 5.41) is 4.29. The summed E-state index contributed by atoms with van der Waals surface area (Å²) in [4.78, 5) is 13.8. The summed E-state index contributed by atoms with van der Waals surface area (Å²) in [5.41, 5.74) is 1.09. The van der Waals surface area contributed by atoms with Crippen LogP contribution in [0.25, 0.3) is 0 Å². The second kappa shape index (κ2) is 8.24. The molecular formula is C19H27N5O2. The van der Waals surface area contributed by atoms with Crippen molar-refractivity contribution in [2.24, 2.45) is 5.92 Å².